The molecule has 2 rings (SSSR count). The number of aryl methyl sites for hydroxylation is 1. The van der Waals surface area contributed by atoms with Crippen molar-refractivity contribution in [3.63, 3.8) is 0 Å². The molecule has 5 heteroatoms. The van der Waals surface area contributed by atoms with Gasteiger partial charge in [0.2, 0.25) is 0 Å². The fourth-order valence-electron chi connectivity index (χ4n) is 1.35. The third kappa shape index (κ3) is 2.98. The minimum atomic E-state index is -1.05. The Morgan fingerprint density at radius 2 is 1.61 bits per heavy atom. The summed E-state index contributed by atoms with van der Waals surface area (Å²) in [6.45, 7) is 1.51. The minimum absolute atomic E-state index is 0.267. The van der Waals surface area contributed by atoms with Crippen LogP contribution in [0.25, 0.3) is 0 Å². The van der Waals surface area contributed by atoms with Crippen molar-refractivity contribution in [2.75, 3.05) is 0 Å². The standard InChI is InChI=1S/C13H8F3I2/c1-7-2-4-11(13(16)12(7)15)18-10-5-3-8(17)6-9(10)14/h2-6H,1H3/q-1. The summed E-state index contributed by atoms with van der Waals surface area (Å²) in [4.78, 5) is 0. The summed E-state index contributed by atoms with van der Waals surface area (Å²) in [5.41, 5.74) is 0.267. The molecule has 0 atom stereocenters. The van der Waals surface area contributed by atoms with Gasteiger partial charge in [-0.25, -0.2) is 0 Å². The van der Waals surface area contributed by atoms with Gasteiger partial charge in [-0.1, -0.05) is 0 Å². The number of benzene rings is 2. The zero-order chi connectivity index (χ0) is 13.3. The second-order valence-corrected chi connectivity index (χ2v) is 7.75. The van der Waals surface area contributed by atoms with Crippen LogP contribution in [0.3, 0.4) is 0 Å². The normalized spacial score (nSPS) is 10.9. The fraction of sp³-hybridized carbons (Fsp3) is 0.0769. The molecule has 96 valence electrons. The van der Waals surface area contributed by atoms with Crippen LogP contribution in [0.15, 0.2) is 30.3 Å². The summed E-state index contributed by atoms with van der Waals surface area (Å²) in [7, 11) is 0. The van der Waals surface area contributed by atoms with Crippen LogP contribution in [0.4, 0.5) is 13.2 Å². The Balaban J connectivity index is 2.37. The number of hydrogen-bond donors (Lipinski definition) is 0. The summed E-state index contributed by atoms with van der Waals surface area (Å²) in [5, 5.41) is 0. The van der Waals surface area contributed by atoms with E-state index < -0.39 is 32.8 Å². The third-order valence-electron chi connectivity index (χ3n) is 2.31. The van der Waals surface area contributed by atoms with Crippen LogP contribution in [-0.4, -0.2) is 0 Å². The molecule has 0 saturated heterocycles. The van der Waals surface area contributed by atoms with E-state index in [4.69, 9.17) is 0 Å². The van der Waals surface area contributed by atoms with Crippen molar-refractivity contribution in [1.29, 1.82) is 0 Å². The molecule has 0 saturated carbocycles. The van der Waals surface area contributed by atoms with Crippen molar-refractivity contribution in [1.82, 2.24) is 0 Å². The van der Waals surface area contributed by atoms with E-state index in [1.54, 1.807) is 18.2 Å². The molecule has 2 aromatic carbocycles. The first kappa shape index (κ1) is 14.1. The van der Waals surface area contributed by atoms with E-state index in [0.717, 1.165) is 3.57 Å². The summed E-state index contributed by atoms with van der Waals surface area (Å²) >= 11 is 0.957. The van der Waals surface area contributed by atoms with E-state index in [0.29, 0.717) is 3.57 Å². The first-order valence-electron chi connectivity index (χ1n) is 5.03. The van der Waals surface area contributed by atoms with Crippen molar-refractivity contribution in [2.24, 2.45) is 0 Å². The molecule has 0 fully saturated rings. The van der Waals surface area contributed by atoms with Crippen LogP contribution in [0.5, 0.6) is 0 Å². The van der Waals surface area contributed by atoms with E-state index in [9.17, 15) is 13.2 Å². The topological polar surface area (TPSA) is 0 Å². The van der Waals surface area contributed by atoms with Crippen molar-refractivity contribution in [3.05, 3.63) is 64.1 Å². The molecule has 2 aromatic rings. The second kappa shape index (κ2) is 5.77. The Labute approximate surface area is 127 Å². The molecule has 0 bridgehead atoms. The predicted octanol–water partition coefficient (Wildman–Crippen LogP) is 1.15. The molecular formula is C13H8F3I2-. The molecule has 0 N–H and O–H groups in total. The van der Waals surface area contributed by atoms with Gasteiger partial charge in [0.05, 0.1) is 0 Å². The maximum atomic E-state index is 13.7. The van der Waals surface area contributed by atoms with Gasteiger partial charge in [-0.3, -0.25) is 0 Å². The Bertz CT molecular complexity index is 597. The van der Waals surface area contributed by atoms with Crippen LogP contribution in [0, 0.1) is 35.1 Å². The molecule has 0 aliphatic rings. The zero-order valence-corrected chi connectivity index (χ0v) is 13.6. The maximum absolute atomic E-state index is 13.7. The van der Waals surface area contributed by atoms with Gasteiger partial charge in [-0.05, 0) is 0 Å². The van der Waals surface area contributed by atoms with E-state index in [1.165, 1.54) is 19.1 Å². The quantitative estimate of drug-likeness (QED) is 0.348. The molecule has 0 unspecified atom stereocenters. The Morgan fingerprint density at radius 3 is 2.28 bits per heavy atom. The summed E-state index contributed by atoms with van der Waals surface area (Å²) in [6.07, 6.45) is 0. The number of rotatable bonds is 2. The fourth-order valence-corrected chi connectivity index (χ4v) is 4.04. The molecule has 0 amide bonds. The van der Waals surface area contributed by atoms with Gasteiger partial charge in [-0.15, -0.1) is 0 Å². The van der Waals surface area contributed by atoms with E-state index in [2.05, 4.69) is 0 Å². The van der Waals surface area contributed by atoms with Gasteiger partial charge >= 0.3 is 128 Å². The summed E-state index contributed by atoms with van der Waals surface area (Å²) in [5.74, 6) is -2.03. The van der Waals surface area contributed by atoms with Gasteiger partial charge in [0.1, 0.15) is 0 Å². The SMILES string of the molecule is Cc1ccc([I-]c2ccc(I)cc2F)c(F)c1F. The van der Waals surface area contributed by atoms with Crippen molar-refractivity contribution >= 4 is 22.6 Å². The van der Waals surface area contributed by atoms with Gasteiger partial charge in [0.25, 0.3) is 0 Å². The monoisotopic (exact) mass is 475 g/mol. The van der Waals surface area contributed by atoms with E-state index in [-0.39, 0.29) is 15.0 Å². The van der Waals surface area contributed by atoms with Crippen LogP contribution < -0.4 is 21.2 Å². The molecule has 0 aliphatic heterocycles. The predicted molar refractivity (Wildman–Crippen MR) is 67.6 cm³/mol. The average Bonchev–Trinajstić information content (AvgIpc) is 2.33. The Hall–Kier alpha value is -0.310. The van der Waals surface area contributed by atoms with Crippen molar-refractivity contribution < 1.29 is 34.4 Å². The molecule has 0 aromatic heterocycles. The van der Waals surface area contributed by atoms with Crippen molar-refractivity contribution in [3.8, 4) is 0 Å². The Kier molecular flexibility index (Phi) is 4.52. The summed E-state index contributed by atoms with van der Waals surface area (Å²) < 4.78 is 42.3. The molecule has 0 radical (unpaired) electrons. The number of halogens is 5. The molecule has 0 spiro atoms. The molecular weight excluding hydrogens is 467 g/mol. The Morgan fingerprint density at radius 1 is 0.944 bits per heavy atom. The van der Waals surface area contributed by atoms with E-state index in [1.807, 2.05) is 22.6 Å². The first-order chi connectivity index (χ1) is 8.49. The van der Waals surface area contributed by atoms with E-state index >= 15 is 0 Å². The zero-order valence-electron chi connectivity index (χ0n) is 9.28. The average molecular weight is 475 g/mol. The molecule has 0 nitrogen and oxygen atoms in total. The van der Waals surface area contributed by atoms with Crippen LogP contribution in [-0.2, 0) is 0 Å². The van der Waals surface area contributed by atoms with Crippen molar-refractivity contribution in [2.45, 2.75) is 6.92 Å². The van der Waals surface area contributed by atoms with Gasteiger partial charge < -0.3 is 0 Å². The number of hydrogen-bond acceptors (Lipinski definition) is 0. The van der Waals surface area contributed by atoms with Crippen LogP contribution in [0.2, 0.25) is 0 Å². The second-order valence-electron chi connectivity index (χ2n) is 3.65. The molecule has 18 heavy (non-hydrogen) atoms. The van der Waals surface area contributed by atoms with Crippen LogP contribution in [0.1, 0.15) is 5.56 Å². The summed E-state index contributed by atoms with van der Waals surface area (Å²) in [6, 6.07) is 7.87. The third-order valence-corrected chi connectivity index (χ3v) is 5.85. The van der Waals surface area contributed by atoms with Gasteiger partial charge in [0.15, 0.2) is 0 Å². The van der Waals surface area contributed by atoms with Gasteiger partial charge in [-0.2, -0.15) is 0 Å². The van der Waals surface area contributed by atoms with Gasteiger partial charge in [0, 0.05) is 0 Å². The van der Waals surface area contributed by atoms with Crippen LogP contribution >= 0.6 is 22.6 Å². The molecule has 0 aliphatic carbocycles. The molecule has 0 heterocycles. The first-order valence-corrected chi connectivity index (χ1v) is 8.27.